The van der Waals surface area contributed by atoms with Crippen LogP contribution in [0.15, 0.2) is 48.5 Å². The molecule has 2 aromatic rings. The van der Waals surface area contributed by atoms with Gasteiger partial charge in [0.2, 0.25) is 0 Å². The topological polar surface area (TPSA) is 61.4 Å². The van der Waals surface area contributed by atoms with E-state index in [1.807, 2.05) is 6.07 Å². The molecule has 0 saturated heterocycles. The molecule has 2 atom stereocenters. The second-order valence-electron chi connectivity index (χ2n) is 6.87. The van der Waals surface area contributed by atoms with Crippen LogP contribution in [0.3, 0.4) is 0 Å². The molecule has 5 heteroatoms. The smallest absolute Gasteiger partial charge is 0.314 e. The lowest BCUT2D eigenvalue weighted by atomic mass is 9.83. The number of urea groups is 1. The summed E-state index contributed by atoms with van der Waals surface area (Å²) >= 11 is 0. The Labute approximate surface area is 153 Å². The lowest BCUT2D eigenvalue weighted by Crippen LogP contribution is -2.42. The Morgan fingerprint density at radius 2 is 2.04 bits per heavy atom. The molecule has 1 aliphatic rings. The van der Waals surface area contributed by atoms with Gasteiger partial charge >= 0.3 is 6.03 Å². The Balaban J connectivity index is 1.42. The number of halogens is 1. The molecule has 0 bridgehead atoms. The summed E-state index contributed by atoms with van der Waals surface area (Å²) in [6.07, 6.45) is 2.86. The summed E-state index contributed by atoms with van der Waals surface area (Å²) in [4.78, 5) is 12.0. The zero-order chi connectivity index (χ0) is 18.4. The Morgan fingerprint density at radius 1 is 1.19 bits per heavy atom. The van der Waals surface area contributed by atoms with E-state index in [4.69, 9.17) is 0 Å². The Bertz CT molecular complexity index is 750. The minimum atomic E-state index is -0.752. The minimum Gasteiger partial charge on any atom is -0.391 e. The van der Waals surface area contributed by atoms with Crippen LogP contribution in [-0.4, -0.2) is 30.3 Å². The first kappa shape index (κ1) is 18.4. The van der Waals surface area contributed by atoms with Crippen LogP contribution < -0.4 is 10.6 Å². The lowest BCUT2D eigenvalue weighted by Gasteiger charge is -2.25. The normalized spacial score (nSPS) is 17.2. The number of benzene rings is 2. The van der Waals surface area contributed by atoms with Crippen LogP contribution in [0.5, 0.6) is 0 Å². The molecule has 3 rings (SSSR count). The van der Waals surface area contributed by atoms with Gasteiger partial charge in [0.1, 0.15) is 5.82 Å². The van der Waals surface area contributed by atoms with Gasteiger partial charge in [-0.25, -0.2) is 9.18 Å². The van der Waals surface area contributed by atoms with Crippen LogP contribution in [0.2, 0.25) is 0 Å². The third-order valence-corrected chi connectivity index (χ3v) is 4.86. The Morgan fingerprint density at radius 3 is 2.88 bits per heavy atom. The highest BCUT2D eigenvalue weighted by atomic mass is 19.1. The van der Waals surface area contributed by atoms with Crippen molar-refractivity contribution in [1.29, 1.82) is 0 Å². The molecule has 0 fully saturated rings. The van der Waals surface area contributed by atoms with Crippen molar-refractivity contribution in [3.05, 3.63) is 71.0 Å². The van der Waals surface area contributed by atoms with Crippen molar-refractivity contribution < 1.29 is 14.3 Å². The largest absolute Gasteiger partial charge is 0.391 e. The van der Waals surface area contributed by atoms with Crippen molar-refractivity contribution in [1.82, 2.24) is 10.6 Å². The standard InChI is InChI=1S/C21H25FN2O2/c22-18-9-3-5-15(11-18)12-19(25)14-24-21(26)23-13-17-8-4-7-16-6-1-2-10-20(16)17/h1-3,5-6,9-11,17,19,25H,4,7-8,12-14H2,(H2,23,24,26). The van der Waals surface area contributed by atoms with Crippen molar-refractivity contribution in [2.75, 3.05) is 13.1 Å². The van der Waals surface area contributed by atoms with Gasteiger partial charge in [-0.2, -0.15) is 0 Å². The zero-order valence-corrected chi connectivity index (χ0v) is 14.7. The van der Waals surface area contributed by atoms with E-state index in [-0.39, 0.29) is 18.4 Å². The first-order chi connectivity index (χ1) is 12.6. The van der Waals surface area contributed by atoms with Crippen molar-refractivity contribution >= 4 is 6.03 Å². The van der Waals surface area contributed by atoms with E-state index < -0.39 is 6.10 Å². The van der Waals surface area contributed by atoms with E-state index in [0.29, 0.717) is 24.4 Å². The van der Waals surface area contributed by atoms with E-state index in [1.165, 1.54) is 23.3 Å². The molecular formula is C21H25FN2O2. The van der Waals surface area contributed by atoms with Crippen LogP contribution in [-0.2, 0) is 12.8 Å². The van der Waals surface area contributed by atoms with Crippen molar-refractivity contribution in [3.8, 4) is 0 Å². The second-order valence-corrected chi connectivity index (χ2v) is 6.87. The Hall–Kier alpha value is -2.40. The number of carbonyl (C=O) groups is 1. The SMILES string of the molecule is O=C(NCC(O)Cc1cccc(F)c1)NCC1CCCc2ccccc21. The van der Waals surface area contributed by atoms with Gasteiger partial charge in [0.15, 0.2) is 0 Å². The third kappa shape index (κ3) is 5.05. The van der Waals surface area contributed by atoms with Gasteiger partial charge in [-0.05, 0) is 48.1 Å². The van der Waals surface area contributed by atoms with Gasteiger partial charge in [-0.1, -0.05) is 36.4 Å². The maximum absolute atomic E-state index is 13.2. The summed E-state index contributed by atoms with van der Waals surface area (Å²) in [5.74, 6) is 0.0103. The molecule has 0 spiro atoms. The molecule has 0 aromatic heterocycles. The monoisotopic (exact) mass is 356 g/mol. The molecule has 1 aliphatic carbocycles. The van der Waals surface area contributed by atoms with Crippen molar-refractivity contribution in [2.45, 2.75) is 37.7 Å². The van der Waals surface area contributed by atoms with Gasteiger partial charge < -0.3 is 15.7 Å². The highest BCUT2D eigenvalue weighted by molar-refractivity contribution is 5.73. The van der Waals surface area contributed by atoms with E-state index in [2.05, 4.69) is 28.8 Å². The molecule has 0 aliphatic heterocycles. The van der Waals surface area contributed by atoms with Gasteiger partial charge in [0, 0.05) is 25.4 Å². The summed E-state index contributed by atoms with van der Waals surface area (Å²) in [5, 5.41) is 15.6. The predicted molar refractivity (Wildman–Crippen MR) is 99.6 cm³/mol. The number of aliphatic hydroxyl groups is 1. The maximum atomic E-state index is 13.2. The number of hydrogen-bond donors (Lipinski definition) is 3. The fourth-order valence-corrected chi connectivity index (χ4v) is 3.56. The number of nitrogens with one attached hydrogen (secondary N) is 2. The summed E-state index contributed by atoms with van der Waals surface area (Å²) in [6, 6.07) is 14.2. The molecule has 0 heterocycles. The number of carbonyl (C=O) groups excluding carboxylic acids is 1. The molecule has 2 unspecified atom stereocenters. The van der Waals surface area contributed by atoms with E-state index in [0.717, 1.165) is 19.3 Å². The molecule has 2 amide bonds. The fourth-order valence-electron chi connectivity index (χ4n) is 3.56. The van der Waals surface area contributed by atoms with Crippen LogP contribution in [0.4, 0.5) is 9.18 Å². The number of hydrogen-bond acceptors (Lipinski definition) is 2. The van der Waals surface area contributed by atoms with Crippen molar-refractivity contribution in [3.63, 3.8) is 0 Å². The minimum absolute atomic E-state index is 0.129. The molecule has 2 aromatic carbocycles. The van der Waals surface area contributed by atoms with Crippen molar-refractivity contribution in [2.24, 2.45) is 0 Å². The lowest BCUT2D eigenvalue weighted by molar-refractivity contribution is 0.170. The van der Waals surface area contributed by atoms with Crippen LogP contribution in [0, 0.1) is 5.82 Å². The zero-order valence-electron chi connectivity index (χ0n) is 14.7. The molecular weight excluding hydrogens is 331 g/mol. The van der Waals surface area contributed by atoms with Gasteiger partial charge in [-0.3, -0.25) is 0 Å². The maximum Gasteiger partial charge on any atom is 0.314 e. The average Bonchev–Trinajstić information content (AvgIpc) is 2.64. The van der Waals surface area contributed by atoms with Gasteiger partial charge in [-0.15, -0.1) is 0 Å². The second kappa shape index (κ2) is 8.81. The quantitative estimate of drug-likeness (QED) is 0.745. The first-order valence-corrected chi connectivity index (χ1v) is 9.14. The summed E-state index contributed by atoms with van der Waals surface area (Å²) < 4.78 is 13.2. The fraction of sp³-hybridized carbons (Fsp3) is 0.381. The van der Waals surface area contributed by atoms with E-state index in [1.54, 1.807) is 12.1 Å². The van der Waals surface area contributed by atoms with E-state index >= 15 is 0 Å². The molecule has 26 heavy (non-hydrogen) atoms. The number of fused-ring (bicyclic) bond motifs is 1. The number of aliphatic hydroxyl groups excluding tert-OH is 1. The van der Waals surface area contributed by atoms with Gasteiger partial charge in [0.05, 0.1) is 6.10 Å². The molecule has 0 saturated carbocycles. The highest BCUT2D eigenvalue weighted by Gasteiger charge is 2.20. The third-order valence-electron chi connectivity index (χ3n) is 4.86. The Kier molecular flexibility index (Phi) is 6.23. The highest BCUT2D eigenvalue weighted by Crippen LogP contribution is 2.30. The first-order valence-electron chi connectivity index (χ1n) is 9.14. The van der Waals surface area contributed by atoms with Crippen LogP contribution in [0.25, 0.3) is 0 Å². The number of aryl methyl sites for hydroxylation is 1. The number of amides is 2. The predicted octanol–water partition coefficient (Wildman–Crippen LogP) is 3.15. The molecule has 0 radical (unpaired) electrons. The molecule has 138 valence electrons. The van der Waals surface area contributed by atoms with Gasteiger partial charge in [0.25, 0.3) is 0 Å². The van der Waals surface area contributed by atoms with Crippen LogP contribution >= 0.6 is 0 Å². The summed E-state index contributed by atoms with van der Waals surface area (Å²) in [5.41, 5.74) is 3.40. The van der Waals surface area contributed by atoms with E-state index in [9.17, 15) is 14.3 Å². The average molecular weight is 356 g/mol. The van der Waals surface area contributed by atoms with Crippen LogP contribution in [0.1, 0.15) is 35.4 Å². The molecule has 3 N–H and O–H groups in total. The number of rotatable bonds is 6. The summed E-state index contributed by atoms with van der Waals surface area (Å²) in [7, 11) is 0. The summed E-state index contributed by atoms with van der Waals surface area (Å²) in [6.45, 7) is 0.715. The molecule has 4 nitrogen and oxygen atoms in total.